The van der Waals surface area contributed by atoms with Crippen LogP contribution in [0.5, 0.6) is 0 Å². The molecule has 0 bridgehead atoms. The quantitative estimate of drug-likeness (QED) is 0.707. The maximum atomic E-state index is 11.3. The topological polar surface area (TPSA) is 64.3 Å². The average Bonchev–Trinajstić information content (AvgIpc) is 1.91. The van der Waals surface area contributed by atoms with E-state index in [0.717, 1.165) is 12.8 Å². The molecule has 1 saturated carbocycles. The van der Waals surface area contributed by atoms with Crippen LogP contribution in [0.4, 0.5) is 4.79 Å². The van der Waals surface area contributed by atoms with E-state index in [1.165, 1.54) is 0 Å². The summed E-state index contributed by atoms with van der Waals surface area (Å²) < 4.78 is 5.13. The van der Waals surface area contributed by atoms with E-state index in [4.69, 9.17) is 22.7 Å². The summed E-state index contributed by atoms with van der Waals surface area (Å²) in [4.78, 5) is 11.9. The fourth-order valence-corrected chi connectivity index (χ4v) is 1.63. The summed E-state index contributed by atoms with van der Waals surface area (Å²) in [5, 5.41) is 2.78. The van der Waals surface area contributed by atoms with E-state index in [9.17, 15) is 4.79 Å². The molecule has 5 heteroatoms. The average molecular weight is 230 g/mol. The molecule has 0 aromatic carbocycles. The van der Waals surface area contributed by atoms with Gasteiger partial charge in [0.05, 0.1) is 4.99 Å². The molecule has 1 fully saturated rings. The lowest BCUT2D eigenvalue weighted by molar-refractivity contribution is 0.0469. The van der Waals surface area contributed by atoms with Crippen molar-refractivity contribution >= 4 is 23.3 Å². The van der Waals surface area contributed by atoms with Crippen LogP contribution in [0, 0.1) is 5.92 Å². The molecule has 0 atom stereocenters. The number of hydrogen-bond donors (Lipinski definition) is 2. The molecule has 1 amide bonds. The predicted octanol–water partition coefficient (Wildman–Crippen LogP) is 1.58. The van der Waals surface area contributed by atoms with Crippen molar-refractivity contribution in [2.75, 3.05) is 0 Å². The Kier molecular flexibility index (Phi) is 3.54. The molecule has 0 aliphatic heterocycles. The molecule has 1 aliphatic rings. The normalized spacial score (nSPS) is 25.3. The minimum atomic E-state index is -0.448. The number of amides is 1. The first kappa shape index (κ1) is 12.2. The summed E-state index contributed by atoms with van der Waals surface area (Å²) in [6, 6.07) is 0.159. The van der Waals surface area contributed by atoms with Crippen LogP contribution in [0.2, 0.25) is 0 Å². The molecule has 86 valence electrons. The predicted molar refractivity (Wildman–Crippen MR) is 62.7 cm³/mol. The SMILES string of the molecule is CC(C)(C)OC(=O)NC1CC(C(N)=S)C1. The summed E-state index contributed by atoms with van der Waals surface area (Å²) >= 11 is 4.86. The second-order valence-corrected chi connectivity index (χ2v) is 5.39. The molecule has 4 nitrogen and oxygen atoms in total. The lowest BCUT2D eigenvalue weighted by atomic mass is 9.80. The molecular formula is C10H18N2O2S. The first-order valence-corrected chi connectivity index (χ1v) is 5.47. The van der Waals surface area contributed by atoms with E-state index in [1.807, 2.05) is 20.8 Å². The standard InChI is InChI=1S/C10H18N2O2S/c1-10(2,3)14-9(13)12-7-4-6(5-7)8(11)15/h6-7H,4-5H2,1-3H3,(H2,11,15)(H,12,13). The lowest BCUT2D eigenvalue weighted by Gasteiger charge is -2.35. The molecule has 0 saturated heterocycles. The van der Waals surface area contributed by atoms with Crippen LogP contribution in [0.25, 0.3) is 0 Å². The highest BCUT2D eigenvalue weighted by molar-refractivity contribution is 7.80. The minimum absolute atomic E-state index is 0.159. The number of alkyl carbamates (subject to hydrolysis) is 1. The Bertz CT molecular complexity index is 267. The molecule has 15 heavy (non-hydrogen) atoms. The van der Waals surface area contributed by atoms with Gasteiger partial charge in [0.25, 0.3) is 0 Å². The smallest absolute Gasteiger partial charge is 0.407 e. The summed E-state index contributed by atoms with van der Waals surface area (Å²) in [5.41, 5.74) is 5.03. The molecule has 0 unspecified atom stereocenters. The third kappa shape index (κ3) is 4.03. The fourth-order valence-electron chi connectivity index (χ4n) is 1.44. The Morgan fingerprint density at radius 2 is 2.00 bits per heavy atom. The fraction of sp³-hybridized carbons (Fsp3) is 0.800. The molecule has 0 radical (unpaired) electrons. The van der Waals surface area contributed by atoms with Gasteiger partial charge in [0.15, 0.2) is 0 Å². The van der Waals surface area contributed by atoms with Crippen LogP contribution in [0.3, 0.4) is 0 Å². The minimum Gasteiger partial charge on any atom is -0.444 e. The monoisotopic (exact) mass is 230 g/mol. The summed E-state index contributed by atoms with van der Waals surface area (Å²) in [7, 11) is 0. The number of carbonyl (C=O) groups is 1. The number of nitrogens with one attached hydrogen (secondary N) is 1. The maximum absolute atomic E-state index is 11.3. The Morgan fingerprint density at radius 3 is 2.40 bits per heavy atom. The summed E-state index contributed by atoms with van der Waals surface area (Å²) in [6.45, 7) is 5.52. The van der Waals surface area contributed by atoms with Gasteiger partial charge in [-0.1, -0.05) is 12.2 Å². The molecule has 0 aromatic heterocycles. The van der Waals surface area contributed by atoms with Crippen LogP contribution in [0.15, 0.2) is 0 Å². The van der Waals surface area contributed by atoms with Gasteiger partial charge in [0.2, 0.25) is 0 Å². The van der Waals surface area contributed by atoms with Gasteiger partial charge in [-0.15, -0.1) is 0 Å². The van der Waals surface area contributed by atoms with Crippen LogP contribution in [0.1, 0.15) is 33.6 Å². The summed E-state index contributed by atoms with van der Waals surface area (Å²) in [6.07, 6.45) is 1.29. The van der Waals surface area contributed by atoms with E-state index in [0.29, 0.717) is 4.99 Å². The lowest BCUT2D eigenvalue weighted by Crippen LogP contribution is -2.49. The van der Waals surface area contributed by atoms with Gasteiger partial charge in [0.1, 0.15) is 5.60 Å². The number of hydrogen-bond acceptors (Lipinski definition) is 3. The van der Waals surface area contributed by atoms with Gasteiger partial charge < -0.3 is 15.8 Å². The number of ether oxygens (including phenoxy) is 1. The van der Waals surface area contributed by atoms with Gasteiger partial charge >= 0.3 is 6.09 Å². The summed E-state index contributed by atoms with van der Waals surface area (Å²) in [5.74, 6) is 0.278. The highest BCUT2D eigenvalue weighted by Gasteiger charge is 2.33. The van der Waals surface area contributed by atoms with Crippen molar-refractivity contribution in [2.45, 2.75) is 45.3 Å². The first-order valence-electron chi connectivity index (χ1n) is 5.07. The second-order valence-electron chi connectivity index (χ2n) is 4.91. The van der Waals surface area contributed by atoms with Gasteiger partial charge in [-0.2, -0.15) is 0 Å². The third-order valence-corrected chi connectivity index (χ3v) is 2.59. The van der Waals surface area contributed by atoms with Crippen molar-refractivity contribution in [3.05, 3.63) is 0 Å². The van der Waals surface area contributed by atoms with Gasteiger partial charge in [0, 0.05) is 12.0 Å². The molecule has 1 aliphatic carbocycles. The molecule has 0 aromatic rings. The van der Waals surface area contributed by atoms with Crippen LogP contribution >= 0.6 is 12.2 Å². The van der Waals surface area contributed by atoms with E-state index < -0.39 is 5.60 Å². The Balaban J connectivity index is 2.22. The molecule has 1 rings (SSSR count). The van der Waals surface area contributed by atoms with E-state index >= 15 is 0 Å². The highest BCUT2D eigenvalue weighted by Crippen LogP contribution is 2.27. The number of carbonyl (C=O) groups excluding carboxylic acids is 1. The first-order chi connectivity index (χ1) is 6.78. The molecule has 3 N–H and O–H groups in total. The Morgan fingerprint density at radius 1 is 1.47 bits per heavy atom. The van der Waals surface area contributed by atoms with Crippen LogP contribution in [-0.2, 0) is 4.74 Å². The van der Waals surface area contributed by atoms with Crippen molar-refractivity contribution in [3.8, 4) is 0 Å². The Hall–Kier alpha value is -0.840. The van der Waals surface area contributed by atoms with E-state index in [2.05, 4.69) is 5.32 Å². The largest absolute Gasteiger partial charge is 0.444 e. The van der Waals surface area contributed by atoms with Gasteiger partial charge in [-0.3, -0.25) is 0 Å². The van der Waals surface area contributed by atoms with Crippen LogP contribution < -0.4 is 11.1 Å². The Labute approximate surface area is 95.5 Å². The third-order valence-electron chi connectivity index (χ3n) is 2.26. The highest BCUT2D eigenvalue weighted by atomic mass is 32.1. The molecular weight excluding hydrogens is 212 g/mol. The van der Waals surface area contributed by atoms with Crippen molar-refractivity contribution in [1.29, 1.82) is 0 Å². The number of thiocarbonyl (C=S) groups is 1. The van der Waals surface area contributed by atoms with Crippen LogP contribution in [-0.4, -0.2) is 22.7 Å². The zero-order valence-electron chi connectivity index (χ0n) is 9.37. The van der Waals surface area contributed by atoms with Crippen molar-refractivity contribution in [3.63, 3.8) is 0 Å². The number of rotatable bonds is 2. The van der Waals surface area contributed by atoms with Gasteiger partial charge in [-0.05, 0) is 33.6 Å². The molecule has 0 heterocycles. The van der Waals surface area contributed by atoms with E-state index in [1.54, 1.807) is 0 Å². The van der Waals surface area contributed by atoms with Crippen molar-refractivity contribution in [1.82, 2.24) is 5.32 Å². The molecule has 0 spiro atoms. The van der Waals surface area contributed by atoms with Crippen molar-refractivity contribution < 1.29 is 9.53 Å². The van der Waals surface area contributed by atoms with Crippen molar-refractivity contribution in [2.24, 2.45) is 11.7 Å². The zero-order chi connectivity index (χ0) is 11.6. The van der Waals surface area contributed by atoms with Gasteiger partial charge in [-0.25, -0.2) is 4.79 Å². The second kappa shape index (κ2) is 4.35. The zero-order valence-corrected chi connectivity index (χ0v) is 10.2. The van der Waals surface area contributed by atoms with E-state index in [-0.39, 0.29) is 18.1 Å². The maximum Gasteiger partial charge on any atom is 0.407 e. The number of nitrogens with two attached hydrogens (primary N) is 1.